The molecule has 1 heterocycles. The third kappa shape index (κ3) is 3.95. The molecule has 0 bridgehead atoms. The summed E-state index contributed by atoms with van der Waals surface area (Å²) < 4.78 is 13.0. The van der Waals surface area contributed by atoms with Crippen LogP contribution in [0.25, 0.3) is 0 Å². The monoisotopic (exact) mass is 256 g/mol. The molecule has 0 spiro atoms. The summed E-state index contributed by atoms with van der Waals surface area (Å²) in [5, 5.41) is 3.56. The molecule has 0 amide bonds. The molecule has 1 saturated heterocycles. The van der Waals surface area contributed by atoms with Gasteiger partial charge in [-0.15, -0.1) is 0 Å². The zero-order valence-electron chi connectivity index (χ0n) is 9.88. The molecule has 2 nitrogen and oxygen atoms in total. The zero-order chi connectivity index (χ0) is 12.1. The molecule has 17 heavy (non-hydrogen) atoms. The summed E-state index contributed by atoms with van der Waals surface area (Å²) in [4.78, 5) is 2.46. The first-order valence-electron chi connectivity index (χ1n) is 6.13. The molecule has 0 aliphatic carbocycles. The van der Waals surface area contributed by atoms with Crippen molar-refractivity contribution in [1.29, 1.82) is 0 Å². The highest BCUT2D eigenvalue weighted by atomic mass is 35.5. The summed E-state index contributed by atoms with van der Waals surface area (Å²) in [5.41, 5.74) is 1.12. The molecule has 1 aromatic carbocycles. The minimum atomic E-state index is -0.336. The highest BCUT2D eigenvalue weighted by Gasteiger charge is 2.08. The van der Waals surface area contributed by atoms with Crippen LogP contribution in [0.3, 0.4) is 0 Å². The normalized spacial score (nSPS) is 17.3. The Balaban J connectivity index is 1.75. The van der Waals surface area contributed by atoms with Crippen LogP contribution in [-0.2, 0) is 6.42 Å². The largest absolute Gasteiger partial charge is 0.314 e. The first kappa shape index (κ1) is 12.8. The average molecular weight is 257 g/mol. The van der Waals surface area contributed by atoms with Gasteiger partial charge in [-0.1, -0.05) is 17.7 Å². The summed E-state index contributed by atoms with van der Waals surface area (Å²) in [7, 11) is 0. The van der Waals surface area contributed by atoms with Gasteiger partial charge >= 0.3 is 0 Å². The van der Waals surface area contributed by atoms with E-state index in [1.54, 1.807) is 6.07 Å². The van der Waals surface area contributed by atoms with Crippen LogP contribution in [0.2, 0.25) is 5.02 Å². The van der Waals surface area contributed by atoms with Crippen LogP contribution in [0.15, 0.2) is 18.2 Å². The molecular weight excluding hydrogens is 239 g/mol. The molecule has 4 heteroatoms. The van der Waals surface area contributed by atoms with Gasteiger partial charge in [-0.25, -0.2) is 4.39 Å². The zero-order valence-corrected chi connectivity index (χ0v) is 10.6. The van der Waals surface area contributed by atoms with Crippen molar-refractivity contribution in [2.45, 2.75) is 12.8 Å². The third-order valence-electron chi connectivity index (χ3n) is 3.13. The lowest BCUT2D eigenvalue weighted by atomic mass is 10.1. The Morgan fingerprint density at radius 2 is 2.06 bits per heavy atom. The second-order valence-electron chi connectivity index (χ2n) is 4.44. The number of hydrogen-bond donors (Lipinski definition) is 1. The molecule has 0 aromatic heterocycles. The van der Waals surface area contributed by atoms with Gasteiger partial charge in [0, 0.05) is 26.2 Å². The van der Waals surface area contributed by atoms with Gasteiger partial charge in [-0.2, -0.15) is 0 Å². The first-order chi connectivity index (χ1) is 8.25. The number of benzene rings is 1. The molecule has 1 aliphatic heterocycles. The summed E-state index contributed by atoms with van der Waals surface area (Å²) >= 11 is 5.75. The average Bonchev–Trinajstić information content (AvgIpc) is 2.35. The van der Waals surface area contributed by atoms with Crippen LogP contribution >= 0.6 is 11.6 Å². The van der Waals surface area contributed by atoms with Crippen LogP contribution in [0, 0.1) is 5.82 Å². The molecule has 94 valence electrons. The number of piperazine rings is 1. The van der Waals surface area contributed by atoms with Crippen LogP contribution < -0.4 is 5.32 Å². The van der Waals surface area contributed by atoms with Gasteiger partial charge in [0.1, 0.15) is 5.82 Å². The Morgan fingerprint density at radius 1 is 1.29 bits per heavy atom. The molecule has 2 rings (SSSR count). The quantitative estimate of drug-likeness (QED) is 0.890. The topological polar surface area (TPSA) is 15.3 Å². The number of halogens is 2. The Bertz CT molecular complexity index is 364. The van der Waals surface area contributed by atoms with Crippen molar-refractivity contribution in [3.05, 3.63) is 34.6 Å². The van der Waals surface area contributed by atoms with Crippen LogP contribution in [0.1, 0.15) is 12.0 Å². The third-order valence-corrected chi connectivity index (χ3v) is 3.42. The maximum absolute atomic E-state index is 13.0. The Labute approximate surface area is 107 Å². The molecule has 1 aliphatic rings. The fourth-order valence-corrected chi connectivity index (χ4v) is 2.34. The van der Waals surface area contributed by atoms with Gasteiger partial charge in [0.05, 0.1) is 5.02 Å². The predicted molar refractivity (Wildman–Crippen MR) is 69.0 cm³/mol. The molecular formula is C13H18ClFN2. The van der Waals surface area contributed by atoms with Gasteiger partial charge in [0.15, 0.2) is 0 Å². The van der Waals surface area contributed by atoms with E-state index in [9.17, 15) is 4.39 Å². The summed E-state index contributed by atoms with van der Waals surface area (Å²) in [6.45, 7) is 5.54. The van der Waals surface area contributed by atoms with Gasteiger partial charge in [0.25, 0.3) is 0 Å². The SMILES string of the molecule is Fc1ccc(CCCN2CCNCC2)cc1Cl. The lowest BCUT2D eigenvalue weighted by Crippen LogP contribution is -2.43. The molecule has 0 unspecified atom stereocenters. The summed E-state index contributed by atoms with van der Waals surface area (Å²) in [6, 6.07) is 5.00. The van der Waals surface area contributed by atoms with Gasteiger partial charge < -0.3 is 10.2 Å². The maximum atomic E-state index is 13.0. The van der Waals surface area contributed by atoms with Crippen molar-refractivity contribution in [3.8, 4) is 0 Å². The minimum Gasteiger partial charge on any atom is -0.314 e. The van der Waals surface area contributed by atoms with E-state index in [2.05, 4.69) is 10.2 Å². The number of hydrogen-bond acceptors (Lipinski definition) is 2. The van der Waals surface area contributed by atoms with Crippen molar-refractivity contribution >= 4 is 11.6 Å². The van der Waals surface area contributed by atoms with Crippen molar-refractivity contribution in [2.24, 2.45) is 0 Å². The number of nitrogens with one attached hydrogen (secondary N) is 1. The van der Waals surface area contributed by atoms with E-state index in [0.29, 0.717) is 0 Å². The minimum absolute atomic E-state index is 0.227. The van der Waals surface area contributed by atoms with E-state index in [0.717, 1.165) is 51.1 Å². The fourth-order valence-electron chi connectivity index (χ4n) is 2.14. The molecule has 1 aromatic rings. The van der Waals surface area contributed by atoms with Crippen LogP contribution in [-0.4, -0.2) is 37.6 Å². The Hall–Kier alpha value is -0.640. The second kappa shape index (κ2) is 6.34. The predicted octanol–water partition coefficient (Wildman–Crippen LogP) is 2.32. The number of rotatable bonds is 4. The van der Waals surface area contributed by atoms with Gasteiger partial charge in [-0.3, -0.25) is 0 Å². The van der Waals surface area contributed by atoms with Gasteiger partial charge in [0.2, 0.25) is 0 Å². The lowest BCUT2D eigenvalue weighted by molar-refractivity contribution is 0.238. The van der Waals surface area contributed by atoms with E-state index in [1.807, 2.05) is 6.07 Å². The molecule has 0 atom stereocenters. The van der Waals surface area contributed by atoms with E-state index < -0.39 is 0 Å². The van der Waals surface area contributed by atoms with Crippen molar-refractivity contribution in [3.63, 3.8) is 0 Å². The lowest BCUT2D eigenvalue weighted by Gasteiger charge is -2.27. The second-order valence-corrected chi connectivity index (χ2v) is 4.85. The van der Waals surface area contributed by atoms with E-state index in [1.165, 1.54) is 6.07 Å². The Morgan fingerprint density at radius 3 is 2.76 bits per heavy atom. The molecule has 1 fully saturated rings. The highest BCUT2D eigenvalue weighted by molar-refractivity contribution is 6.30. The van der Waals surface area contributed by atoms with Crippen molar-refractivity contribution in [2.75, 3.05) is 32.7 Å². The van der Waals surface area contributed by atoms with E-state index in [4.69, 9.17) is 11.6 Å². The molecule has 0 radical (unpaired) electrons. The molecule has 0 saturated carbocycles. The van der Waals surface area contributed by atoms with Gasteiger partial charge in [-0.05, 0) is 37.1 Å². The Kier molecular flexibility index (Phi) is 4.77. The van der Waals surface area contributed by atoms with E-state index >= 15 is 0 Å². The van der Waals surface area contributed by atoms with Crippen LogP contribution in [0.4, 0.5) is 4.39 Å². The van der Waals surface area contributed by atoms with Crippen LogP contribution in [0.5, 0.6) is 0 Å². The number of aryl methyl sites for hydroxylation is 1. The summed E-state index contributed by atoms with van der Waals surface area (Å²) in [5.74, 6) is -0.336. The summed E-state index contributed by atoms with van der Waals surface area (Å²) in [6.07, 6.45) is 2.06. The highest BCUT2D eigenvalue weighted by Crippen LogP contribution is 2.17. The van der Waals surface area contributed by atoms with Crippen molar-refractivity contribution < 1.29 is 4.39 Å². The standard InChI is InChI=1S/C13H18ClFN2/c14-12-10-11(3-4-13(12)15)2-1-7-17-8-5-16-6-9-17/h3-4,10,16H,1-2,5-9H2. The first-order valence-corrected chi connectivity index (χ1v) is 6.50. The van der Waals surface area contributed by atoms with Crippen molar-refractivity contribution in [1.82, 2.24) is 10.2 Å². The smallest absolute Gasteiger partial charge is 0.141 e. The molecule has 1 N–H and O–H groups in total. The fraction of sp³-hybridized carbons (Fsp3) is 0.538. The maximum Gasteiger partial charge on any atom is 0.141 e. The van der Waals surface area contributed by atoms with E-state index in [-0.39, 0.29) is 10.8 Å². The number of nitrogens with zero attached hydrogens (tertiary/aromatic N) is 1.